The highest BCUT2D eigenvalue weighted by atomic mass is 32.1. The first kappa shape index (κ1) is 15.6. The molecule has 0 N–H and O–H groups in total. The molecule has 6 heteroatoms. The molecule has 1 amide bonds. The van der Waals surface area contributed by atoms with Crippen LogP contribution in [0.25, 0.3) is 0 Å². The number of likely N-dealkylation sites (tertiary alicyclic amines) is 1. The summed E-state index contributed by atoms with van der Waals surface area (Å²) in [5.41, 5.74) is 0. The Labute approximate surface area is 141 Å². The van der Waals surface area contributed by atoms with Crippen LogP contribution in [0.2, 0.25) is 0 Å². The molecule has 1 aromatic heterocycles. The number of thiophene rings is 1. The van der Waals surface area contributed by atoms with Gasteiger partial charge in [0.05, 0.1) is 26.4 Å². The maximum absolute atomic E-state index is 12.4. The Kier molecular flexibility index (Phi) is 4.66. The number of rotatable bonds is 4. The molecule has 1 aromatic rings. The van der Waals surface area contributed by atoms with Gasteiger partial charge >= 0.3 is 0 Å². The van der Waals surface area contributed by atoms with Gasteiger partial charge in [-0.05, 0) is 35.6 Å². The lowest BCUT2D eigenvalue weighted by molar-refractivity contribution is -0.171. The van der Waals surface area contributed by atoms with Crippen LogP contribution in [0.15, 0.2) is 17.5 Å². The summed E-state index contributed by atoms with van der Waals surface area (Å²) in [7, 11) is 0. The Balaban J connectivity index is 1.36. The lowest BCUT2D eigenvalue weighted by Crippen LogP contribution is -2.38. The van der Waals surface area contributed by atoms with Crippen LogP contribution in [0.3, 0.4) is 0 Å². The van der Waals surface area contributed by atoms with Crippen molar-refractivity contribution < 1.29 is 14.4 Å². The largest absolute Gasteiger partial charge is 0.381 e. The third-order valence-electron chi connectivity index (χ3n) is 5.26. The molecule has 3 saturated heterocycles. The zero-order valence-corrected chi connectivity index (χ0v) is 14.2. The number of hydrogen-bond donors (Lipinski definition) is 0. The van der Waals surface area contributed by atoms with Gasteiger partial charge in [0.2, 0.25) is 5.91 Å². The van der Waals surface area contributed by atoms with E-state index in [2.05, 4.69) is 22.4 Å². The van der Waals surface area contributed by atoms with E-state index in [1.165, 1.54) is 4.88 Å². The highest BCUT2D eigenvalue weighted by Gasteiger charge is 2.42. The summed E-state index contributed by atoms with van der Waals surface area (Å²) in [6.07, 6.45) is 1.52. The van der Waals surface area contributed by atoms with Crippen molar-refractivity contribution in [1.82, 2.24) is 9.96 Å². The van der Waals surface area contributed by atoms with E-state index in [0.717, 1.165) is 39.2 Å². The summed E-state index contributed by atoms with van der Waals surface area (Å²) < 4.78 is 5.81. The maximum Gasteiger partial charge on any atom is 0.246 e. The van der Waals surface area contributed by atoms with Crippen LogP contribution in [0.5, 0.6) is 0 Å². The molecule has 126 valence electrons. The number of amides is 1. The number of carbonyl (C=O) groups excluding carboxylic acids is 1. The fourth-order valence-corrected chi connectivity index (χ4v) is 4.87. The quantitative estimate of drug-likeness (QED) is 0.843. The van der Waals surface area contributed by atoms with Crippen molar-refractivity contribution in [2.75, 3.05) is 39.5 Å². The molecular weight excluding hydrogens is 312 g/mol. The standard InChI is InChI=1S/C17H24N2O3S/c20-17(19-4-2-5-22-19)7-13-11-21-12-14-8-18(10-16(13)14)9-15-3-1-6-23-15/h1,3,6,13-14,16H,2,4-5,7-12H2/t13-,14-,16+/m1/s1. The topological polar surface area (TPSA) is 42.0 Å². The first-order valence-corrected chi connectivity index (χ1v) is 9.43. The minimum absolute atomic E-state index is 0.133. The molecule has 23 heavy (non-hydrogen) atoms. The van der Waals surface area contributed by atoms with Crippen LogP contribution in [-0.4, -0.2) is 55.3 Å². The third-order valence-corrected chi connectivity index (χ3v) is 6.12. The van der Waals surface area contributed by atoms with Crippen molar-refractivity contribution in [1.29, 1.82) is 0 Å². The molecule has 0 unspecified atom stereocenters. The van der Waals surface area contributed by atoms with Crippen molar-refractivity contribution in [3.63, 3.8) is 0 Å². The van der Waals surface area contributed by atoms with E-state index in [1.54, 1.807) is 5.06 Å². The van der Waals surface area contributed by atoms with Crippen LogP contribution in [-0.2, 0) is 20.9 Å². The Morgan fingerprint density at radius 1 is 1.35 bits per heavy atom. The van der Waals surface area contributed by atoms with Crippen LogP contribution < -0.4 is 0 Å². The van der Waals surface area contributed by atoms with Gasteiger partial charge in [-0.2, -0.15) is 0 Å². The average Bonchev–Trinajstić information content (AvgIpc) is 3.29. The van der Waals surface area contributed by atoms with Gasteiger partial charge in [-0.3, -0.25) is 14.5 Å². The summed E-state index contributed by atoms with van der Waals surface area (Å²) in [5.74, 6) is 1.61. The van der Waals surface area contributed by atoms with Gasteiger partial charge in [-0.15, -0.1) is 11.3 Å². The van der Waals surface area contributed by atoms with E-state index in [1.807, 2.05) is 11.3 Å². The molecule has 0 bridgehead atoms. The molecule has 3 atom stereocenters. The van der Waals surface area contributed by atoms with Gasteiger partial charge in [0, 0.05) is 30.9 Å². The second kappa shape index (κ2) is 6.89. The monoisotopic (exact) mass is 336 g/mol. The number of hydrogen-bond acceptors (Lipinski definition) is 5. The molecule has 0 saturated carbocycles. The SMILES string of the molecule is O=C(C[C@@H]1COC[C@H]2CN(Cc3cccs3)C[C@@H]12)N1CCCO1. The first-order chi connectivity index (χ1) is 11.3. The number of ether oxygens (including phenoxy) is 1. The molecule has 5 nitrogen and oxygen atoms in total. The molecule has 4 rings (SSSR count). The van der Waals surface area contributed by atoms with Gasteiger partial charge in [0.15, 0.2) is 0 Å². The fraction of sp³-hybridized carbons (Fsp3) is 0.706. The van der Waals surface area contributed by atoms with Gasteiger partial charge in [-0.25, -0.2) is 5.06 Å². The third kappa shape index (κ3) is 3.45. The molecular formula is C17H24N2O3S. The molecule has 4 heterocycles. The van der Waals surface area contributed by atoms with Crippen molar-refractivity contribution in [3.8, 4) is 0 Å². The maximum atomic E-state index is 12.4. The van der Waals surface area contributed by atoms with Crippen LogP contribution >= 0.6 is 11.3 Å². The normalized spacial score (nSPS) is 31.5. The second-order valence-electron chi connectivity index (χ2n) is 6.88. The van der Waals surface area contributed by atoms with E-state index >= 15 is 0 Å². The molecule has 0 spiro atoms. The highest BCUT2D eigenvalue weighted by Crippen LogP contribution is 2.37. The number of hydroxylamine groups is 2. The summed E-state index contributed by atoms with van der Waals surface area (Å²) in [4.78, 5) is 21.7. The zero-order chi connectivity index (χ0) is 15.6. The van der Waals surface area contributed by atoms with Crippen LogP contribution in [0.4, 0.5) is 0 Å². The lowest BCUT2D eigenvalue weighted by Gasteiger charge is -2.33. The van der Waals surface area contributed by atoms with Crippen molar-refractivity contribution in [2.24, 2.45) is 17.8 Å². The minimum atomic E-state index is 0.133. The van der Waals surface area contributed by atoms with Crippen LogP contribution in [0.1, 0.15) is 17.7 Å². The van der Waals surface area contributed by atoms with E-state index in [0.29, 0.717) is 37.4 Å². The molecule has 0 aromatic carbocycles. The molecule has 0 radical (unpaired) electrons. The van der Waals surface area contributed by atoms with Crippen molar-refractivity contribution in [2.45, 2.75) is 19.4 Å². The van der Waals surface area contributed by atoms with E-state index in [-0.39, 0.29) is 5.91 Å². The minimum Gasteiger partial charge on any atom is -0.381 e. The Morgan fingerprint density at radius 2 is 2.30 bits per heavy atom. The van der Waals surface area contributed by atoms with Crippen molar-refractivity contribution in [3.05, 3.63) is 22.4 Å². The highest BCUT2D eigenvalue weighted by molar-refractivity contribution is 7.09. The first-order valence-electron chi connectivity index (χ1n) is 8.55. The van der Waals surface area contributed by atoms with E-state index < -0.39 is 0 Å². The number of nitrogens with zero attached hydrogens (tertiary/aromatic N) is 2. The predicted molar refractivity (Wildman–Crippen MR) is 87.8 cm³/mol. The summed E-state index contributed by atoms with van der Waals surface area (Å²) in [5, 5.41) is 3.70. The van der Waals surface area contributed by atoms with Crippen LogP contribution in [0, 0.1) is 17.8 Å². The molecule has 0 aliphatic carbocycles. The van der Waals surface area contributed by atoms with Gasteiger partial charge in [0.1, 0.15) is 0 Å². The lowest BCUT2D eigenvalue weighted by atomic mass is 9.81. The fourth-order valence-electron chi connectivity index (χ4n) is 4.13. The Hall–Kier alpha value is -0.950. The Bertz CT molecular complexity index is 530. The summed E-state index contributed by atoms with van der Waals surface area (Å²) in [6.45, 7) is 6.18. The molecule has 3 aliphatic rings. The Morgan fingerprint density at radius 3 is 3.09 bits per heavy atom. The van der Waals surface area contributed by atoms with E-state index in [4.69, 9.17) is 9.57 Å². The van der Waals surface area contributed by atoms with Gasteiger partial charge < -0.3 is 4.74 Å². The summed E-state index contributed by atoms with van der Waals surface area (Å²) in [6, 6.07) is 4.32. The van der Waals surface area contributed by atoms with Gasteiger partial charge in [-0.1, -0.05) is 6.07 Å². The zero-order valence-electron chi connectivity index (χ0n) is 13.4. The second-order valence-corrected chi connectivity index (χ2v) is 7.91. The van der Waals surface area contributed by atoms with E-state index in [9.17, 15) is 4.79 Å². The smallest absolute Gasteiger partial charge is 0.246 e. The molecule has 3 aliphatic heterocycles. The van der Waals surface area contributed by atoms with Crippen molar-refractivity contribution >= 4 is 17.2 Å². The molecule has 3 fully saturated rings. The average molecular weight is 336 g/mol. The number of carbonyl (C=O) groups is 1. The van der Waals surface area contributed by atoms with Gasteiger partial charge in [0.25, 0.3) is 0 Å². The summed E-state index contributed by atoms with van der Waals surface area (Å²) >= 11 is 1.82. The predicted octanol–water partition coefficient (Wildman–Crippen LogP) is 2.00. The number of fused-ring (bicyclic) bond motifs is 1.